The average Bonchev–Trinajstić information content (AvgIpc) is 2.16. The lowest BCUT2D eigenvalue weighted by atomic mass is 10.2. The minimum absolute atomic E-state index is 0.349. The maximum Gasteiger partial charge on any atom is 0.0594 e. The Labute approximate surface area is 87.4 Å². The van der Waals surface area contributed by atoms with Crippen molar-refractivity contribution >= 4 is 0 Å². The topological polar surface area (TPSA) is 21.7 Å². The largest absolute Gasteiger partial charge is 0.379 e. The van der Waals surface area contributed by atoms with E-state index in [1.165, 1.54) is 0 Å². The molecule has 0 radical (unpaired) electrons. The quantitative estimate of drug-likeness (QED) is 0.671. The van der Waals surface area contributed by atoms with Crippen molar-refractivity contribution in [2.45, 2.75) is 26.9 Å². The molecule has 0 aromatic rings. The molecule has 84 valence electrons. The highest BCUT2D eigenvalue weighted by molar-refractivity contribution is 4.65. The van der Waals surface area contributed by atoms with E-state index >= 15 is 0 Å². The summed E-state index contributed by atoms with van der Waals surface area (Å²) in [5.41, 5.74) is 0. The molecule has 14 heavy (non-hydrogen) atoms. The predicted molar refractivity (Wildman–Crippen MR) is 57.5 cm³/mol. The van der Waals surface area contributed by atoms with Gasteiger partial charge in [0.2, 0.25) is 0 Å². The van der Waals surface area contributed by atoms with Gasteiger partial charge in [0.25, 0.3) is 0 Å². The Morgan fingerprint density at radius 2 is 1.86 bits per heavy atom. The minimum Gasteiger partial charge on any atom is -0.379 e. The lowest BCUT2D eigenvalue weighted by Gasteiger charge is -2.29. The molecule has 1 rings (SSSR count). The fourth-order valence-electron chi connectivity index (χ4n) is 1.63. The van der Waals surface area contributed by atoms with E-state index in [-0.39, 0.29) is 0 Å². The van der Waals surface area contributed by atoms with Gasteiger partial charge in [-0.1, -0.05) is 6.92 Å². The zero-order valence-corrected chi connectivity index (χ0v) is 9.66. The molecule has 0 spiro atoms. The summed E-state index contributed by atoms with van der Waals surface area (Å²) in [5.74, 6) is 0.621. The molecule has 0 N–H and O–H groups in total. The molecule has 1 atom stereocenters. The number of hydrogen-bond acceptors (Lipinski definition) is 3. The Morgan fingerprint density at radius 3 is 2.43 bits per heavy atom. The average molecular weight is 201 g/mol. The van der Waals surface area contributed by atoms with Gasteiger partial charge in [0.05, 0.1) is 25.9 Å². The van der Waals surface area contributed by atoms with Crippen LogP contribution >= 0.6 is 0 Å². The van der Waals surface area contributed by atoms with Crippen LogP contribution in [0.25, 0.3) is 0 Å². The van der Waals surface area contributed by atoms with Gasteiger partial charge in [0.15, 0.2) is 0 Å². The van der Waals surface area contributed by atoms with Crippen LogP contribution in [0.15, 0.2) is 0 Å². The van der Waals surface area contributed by atoms with Crippen LogP contribution in [-0.2, 0) is 9.47 Å². The highest BCUT2D eigenvalue weighted by atomic mass is 16.5. The molecule has 1 aliphatic heterocycles. The SMILES string of the molecule is CC(C)OC[C@@H](C)CN1CCOCC1. The first-order valence-corrected chi connectivity index (χ1v) is 5.60. The molecule has 3 nitrogen and oxygen atoms in total. The highest BCUT2D eigenvalue weighted by Crippen LogP contribution is 2.04. The fraction of sp³-hybridized carbons (Fsp3) is 1.00. The van der Waals surface area contributed by atoms with Gasteiger partial charge in [-0.15, -0.1) is 0 Å². The maximum absolute atomic E-state index is 5.59. The summed E-state index contributed by atoms with van der Waals surface area (Å²) >= 11 is 0. The molecule has 0 unspecified atom stereocenters. The second kappa shape index (κ2) is 6.38. The van der Waals surface area contributed by atoms with E-state index < -0.39 is 0 Å². The molecule has 3 heteroatoms. The van der Waals surface area contributed by atoms with E-state index in [4.69, 9.17) is 9.47 Å². The van der Waals surface area contributed by atoms with Gasteiger partial charge >= 0.3 is 0 Å². The zero-order valence-electron chi connectivity index (χ0n) is 9.66. The van der Waals surface area contributed by atoms with Crippen molar-refractivity contribution in [3.05, 3.63) is 0 Å². The second-order valence-corrected chi connectivity index (χ2v) is 4.40. The Hall–Kier alpha value is -0.120. The summed E-state index contributed by atoms with van der Waals surface area (Å²) in [6.45, 7) is 12.3. The monoisotopic (exact) mass is 201 g/mol. The van der Waals surface area contributed by atoms with Gasteiger partial charge in [0, 0.05) is 19.6 Å². The summed E-state index contributed by atoms with van der Waals surface area (Å²) in [7, 11) is 0. The van der Waals surface area contributed by atoms with Crippen molar-refractivity contribution in [2.24, 2.45) is 5.92 Å². The molecule has 1 saturated heterocycles. The molecule has 0 bridgehead atoms. The predicted octanol–water partition coefficient (Wildman–Crippen LogP) is 1.38. The number of rotatable bonds is 5. The summed E-state index contributed by atoms with van der Waals surface area (Å²) in [4.78, 5) is 2.46. The molecule has 0 aliphatic carbocycles. The van der Waals surface area contributed by atoms with E-state index in [9.17, 15) is 0 Å². The fourth-order valence-corrected chi connectivity index (χ4v) is 1.63. The van der Waals surface area contributed by atoms with Crippen molar-refractivity contribution in [1.29, 1.82) is 0 Å². The van der Waals surface area contributed by atoms with E-state index in [2.05, 4.69) is 25.7 Å². The van der Waals surface area contributed by atoms with Crippen molar-refractivity contribution in [1.82, 2.24) is 4.90 Å². The number of nitrogens with zero attached hydrogens (tertiary/aromatic N) is 1. The standard InChI is InChI=1S/C11H23NO2/c1-10(2)14-9-11(3)8-12-4-6-13-7-5-12/h10-11H,4-9H2,1-3H3/t11-/m0/s1. The van der Waals surface area contributed by atoms with Crippen molar-refractivity contribution in [3.8, 4) is 0 Å². The van der Waals surface area contributed by atoms with Crippen LogP contribution in [0.2, 0.25) is 0 Å². The van der Waals surface area contributed by atoms with Gasteiger partial charge in [0.1, 0.15) is 0 Å². The van der Waals surface area contributed by atoms with Crippen LogP contribution < -0.4 is 0 Å². The first kappa shape index (κ1) is 12.0. The smallest absolute Gasteiger partial charge is 0.0594 e. The van der Waals surface area contributed by atoms with E-state index in [1.54, 1.807) is 0 Å². The molecule has 0 aromatic carbocycles. The van der Waals surface area contributed by atoms with Crippen LogP contribution in [0.1, 0.15) is 20.8 Å². The highest BCUT2D eigenvalue weighted by Gasteiger charge is 2.13. The lowest BCUT2D eigenvalue weighted by Crippen LogP contribution is -2.39. The van der Waals surface area contributed by atoms with Gasteiger partial charge in [-0.25, -0.2) is 0 Å². The zero-order chi connectivity index (χ0) is 10.4. The Balaban J connectivity index is 2.09. The van der Waals surface area contributed by atoms with Gasteiger partial charge in [-0.2, -0.15) is 0 Å². The molecule has 1 heterocycles. The molecule has 0 amide bonds. The number of morpholine rings is 1. The lowest BCUT2D eigenvalue weighted by molar-refractivity contribution is 0.0105. The normalized spacial score (nSPS) is 21.4. The number of hydrogen-bond donors (Lipinski definition) is 0. The molecule has 1 fully saturated rings. The van der Waals surface area contributed by atoms with Crippen LogP contribution in [-0.4, -0.2) is 50.5 Å². The van der Waals surface area contributed by atoms with Gasteiger partial charge in [-0.3, -0.25) is 4.90 Å². The minimum atomic E-state index is 0.349. The van der Waals surface area contributed by atoms with Gasteiger partial charge < -0.3 is 9.47 Å². The molecular formula is C11H23NO2. The first-order chi connectivity index (χ1) is 6.68. The summed E-state index contributed by atoms with van der Waals surface area (Å²) in [5, 5.41) is 0. The van der Waals surface area contributed by atoms with Crippen molar-refractivity contribution < 1.29 is 9.47 Å². The molecule has 1 aliphatic rings. The van der Waals surface area contributed by atoms with Crippen LogP contribution in [0, 0.1) is 5.92 Å². The van der Waals surface area contributed by atoms with E-state index in [0.29, 0.717) is 12.0 Å². The van der Waals surface area contributed by atoms with E-state index in [1.807, 2.05) is 0 Å². The maximum atomic E-state index is 5.59. The Bertz CT molecular complexity index is 144. The molecule has 0 saturated carbocycles. The van der Waals surface area contributed by atoms with E-state index in [0.717, 1.165) is 39.5 Å². The summed E-state index contributed by atoms with van der Waals surface area (Å²) < 4.78 is 10.9. The Kier molecular flexibility index (Phi) is 5.45. The first-order valence-electron chi connectivity index (χ1n) is 5.60. The third-order valence-electron chi connectivity index (χ3n) is 2.39. The summed E-state index contributed by atoms with van der Waals surface area (Å²) in [6, 6.07) is 0. The second-order valence-electron chi connectivity index (χ2n) is 4.40. The Morgan fingerprint density at radius 1 is 1.21 bits per heavy atom. The van der Waals surface area contributed by atoms with Crippen LogP contribution in [0.5, 0.6) is 0 Å². The van der Waals surface area contributed by atoms with Crippen molar-refractivity contribution in [2.75, 3.05) is 39.5 Å². The third kappa shape index (κ3) is 4.94. The van der Waals surface area contributed by atoms with Crippen molar-refractivity contribution in [3.63, 3.8) is 0 Å². The van der Waals surface area contributed by atoms with Crippen LogP contribution in [0.3, 0.4) is 0 Å². The van der Waals surface area contributed by atoms with Crippen LogP contribution in [0.4, 0.5) is 0 Å². The third-order valence-corrected chi connectivity index (χ3v) is 2.39. The number of ether oxygens (including phenoxy) is 2. The summed E-state index contributed by atoms with van der Waals surface area (Å²) in [6.07, 6.45) is 0.349. The van der Waals surface area contributed by atoms with Gasteiger partial charge in [-0.05, 0) is 19.8 Å². The molecular weight excluding hydrogens is 178 g/mol. The molecule has 0 aromatic heterocycles.